The Morgan fingerprint density at radius 1 is 1.61 bits per heavy atom. The number of carboxylic acid groups (broad SMARTS) is 1. The summed E-state index contributed by atoms with van der Waals surface area (Å²) in [4.78, 5) is 11.1. The van der Waals surface area contributed by atoms with Crippen molar-refractivity contribution in [3.8, 4) is 18.1 Å². The van der Waals surface area contributed by atoms with Gasteiger partial charge in [-0.2, -0.15) is 0 Å². The molecule has 0 amide bonds. The number of rotatable bonds is 6. The highest BCUT2D eigenvalue weighted by molar-refractivity contribution is 5.94. The highest BCUT2D eigenvalue weighted by Gasteiger charge is 2.13. The molecule has 0 heterocycles. The first-order chi connectivity index (χ1) is 8.62. The molecule has 0 radical (unpaired) electrons. The van der Waals surface area contributed by atoms with Gasteiger partial charge >= 0.3 is 5.97 Å². The maximum Gasteiger partial charge on any atom is 0.337 e. The van der Waals surface area contributed by atoms with Crippen molar-refractivity contribution in [2.24, 2.45) is 0 Å². The summed E-state index contributed by atoms with van der Waals surface area (Å²) in [5.41, 5.74) is 0.672. The van der Waals surface area contributed by atoms with Crippen LogP contribution in [0.25, 0.3) is 0 Å². The van der Waals surface area contributed by atoms with Gasteiger partial charge in [0.2, 0.25) is 0 Å². The zero-order valence-corrected chi connectivity index (χ0v) is 10.6. The predicted molar refractivity (Wildman–Crippen MR) is 71.1 cm³/mol. The third-order valence-corrected chi connectivity index (χ3v) is 2.57. The van der Waals surface area contributed by atoms with Gasteiger partial charge in [0.05, 0.1) is 24.4 Å². The van der Waals surface area contributed by atoms with Crippen molar-refractivity contribution < 1.29 is 14.6 Å². The second-order valence-corrected chi connectivity index (χ2v) is 3.87. The van der Waals surface area contributed by atoms with Crippen molar-refractivity contribution in [3.05, 3.63) is 23.8 Å². The monoisotopic (exact) mass is 247 g/mol. The lowest BCUT2D eigenvalue weighted by molar-refractivity contribution is 0.0698. The smallest absolute Gasteiger partial charge is 0.337 e. The highest BCUT2D eigenvalue weighted by atomic mass is 16.5. The minimum atomic E-state index is -0.993. The van der Waals surface area contributed by atoms with Crippen LogP contribution in [0.4, 0.5) is 5.69 Å². The van der Waals surface area contributed by atoms with Crippen LogP contribution < -0.4 is 10.1 Å². The number of carbonyl (C=O) groups is 1. The first kappa shape index (κ1) is 13.9. The summed E-state index contributed by atoms with van der Waals surface area (Å²) < 4.78 is 5.08. The molecule has 1 rings (SSSR count). The second kappa shape index (κ2) is 6.55. The van der Waals surface area contributed by atoms with E-state index < -0.39 is 5.97 Å². The van der Waals surface area contributed by atoms with Gasteiger partial charge in [0, 0.05) is 6.07 Å². The van der Waals surface area contributed by atoms with Crippen LogP contribution in [0.1, 0.15) is 30.1 Å². The first-order valence-corrected chi connectivity index (χ1v) is 5.76. The molecule has 96 valence electrons. The van der Waals surface area contributed by atoms with Gasteiger partial charge < -0.3 is 15.2 Å². The Balaban J connectivity index is 3.04. The van der Waals surface area contributed by atoms with Crippen LogP contribution in [0.5, 0.6) is 5.75 Å². The Bertz CT molecular complexity index is 463. The van der Waals surface area contributed by atoms with Crippen LogP contribution in [0, 0.1) is 12.3 Å². The van der Waals surface area contributed by atoms with Gasteiger partial charge in [-0.15, -0.1) is 6.42 Å². The van der Waals surface area contributed by atoms with Gasteiger partial charge in [-0.1, -0.05) is 19.3 Å². The van der Waals surface area contributed by atoms with Crippen molar-refractivity contribution in [3.63, 3.8) is 0 Å². The average molecular weight is 247 g/mol. The number of carboxylic acids is 1. The number of benzene rings is 1. The molecule has 4 heteroatoms. The molecule has 0 aromatic heterocycles. The van der Waals surface area contributed by atoms with Crippen LogP contribution in [0.15, 0.2) is 18.2 Å². The molecular formula is C14H17NO3. The van der Waals surface area contributed by atoms with E-state index in [0.29, 0.717) is 11.4 Å². The van der Waals surface area contributed by atoms with E-state index in [2.05, 4.69) is 11.2 Å². The van der Waals surface area contributed by atoms with Gasteiger partial charge in [0.1, 0.15) is 5.75 Å². The molecule has 0 fully saturated rings. The summed E-state index contributed by atoms with van der Waals surface area (Å²) in [5.74, 6) is 2.21. The van der Waals surface area contributed by atoms with Crippen molar-refractivity contribution in [1.82, 2.24) is 0 Å². The van der Waals surface area contributed by atoms with E-state index in [9.17, 15) is 4.79 Å². The summed E-state index contributed by atoms with van der Waals surface area (Å²) in [6.45, 7) is 2.02. The zero-order valence-electron chi connectivity index (χ0n) is 10.6. The summed E-state index contributed by atoms with van der Waals surface area (Å²) in [6.07, 6.45) is 7.12. The van der Waals surface area contributed by atoms with Gasteiger partial charge in [-0.3, -0.25) is 0 Å². The molecule has 1 aromatic carbocycles. The van der Waals surface area contributed by atoms with Crippen LogP contribution >= 0.6 is 0 Å². The van der Waals surface area contributed by atoms with Gasteiger partial charge in [0.15, 0.2) is 0 Å². The van der Waals surface area contributed by atoms with E-state index >= 15 is 0 Å². The van der Waals surface area contributed by atoms with E-state index in [1.807, 2.05) is 6.92 Å². The van der Waals surface area contributed by atoms with E-state index in [4.69, 9.17) is 16.3 Å². The largest absolute Gasteiger partial charge is 0.497 e. The number of anilines is 1. The third-order valence-electron chi connectivity index (χ3n) is 2.57. The standard InChI is InChI=1S/C14H17NO3/c1-4-6-10(5-2)15-13-9-11(18-3)7-8-12(13)14(16)17/h2,7-10,15H,4,6H2,1,3H3,(H,16,17). The molecule has 0 saturated carbocycles. The molecule has 0 aliphatic heterocycles. The number of hydrogen-bond acceptors (Lipinski definition) is 3. The van der Waals surface area contributed by atoms with E-state index in [0.717, 1.165) is 12.8 Å². The molecule has 2 N–H and O–H groups in total. The van der Waals surface area contributed by atoms with Crippen LogP contribution in [0.3, 0.4) is 0 Å². The maximum absolute atomic E-state index is 11.1. The van der Waals surface area contributed by atoms with Crippen molar-refractivity contribution >= 4 is 11.7 Å². The second-order valence-electron chi connectivity index (χ2n) is 3.87. The molecule has 1 aromatic rings. The predicted octanol–water partition coefficient (Wildman–Crippen LogP) is 2.61. The fraction of sp³-hybridized carbons (Fsp3) is 0.357. The Labute approximate surface area is 107 Å². The van der Waals surface area contributed by atoms with Crippen molar-refractivity contribution in [2.75, 3.05) is 12.4 Å². The summed E-state index contributed by atoms with van der Waals surface area (Å²) >= 11 is 0. The number of ether oxygens (including phenoxy) is 1. The molecule has 0 aliphatic carbocycles. The zero-order chi connectivity index (χ0) is 13.5. The third kappa shape index (κ3) is 3.42. The van der Waals surface area contributed by atoms with Gasteiger partial charge in [-0.25, -0.2) is 4.79 Å². The Morgan fingerprint density at radius 2 is 2.33 bits per heavy atom. The fourth-order valence-electron chi connectivity index (χ4n) is 1.63. The molecule has 18 heavy (non-hydrogen) atoms. The van der Waals surface area contributed by atoms with Crippen LogP contribution in [0.2, 0.25) is 0 Å². The molecule has 4 nitrogen and oxygen atoms in total. The summed E-state index contributed by atoms with van der Waals surface area (Å²) in [6, 6.07) is 4.58. The topological polar surface area (TPSA) is 58.6 Å². The number of aromatic carboxylic acids is 1. The average Bonchev–Trinajstić information content (AvgIpc) is 2.37. The Hall–Kier alpha value is -2.15. The van der Waals surface area contributed by atoms with E-state index in [-0.39, 0.29) is 11.6 Å². The Morgan fingerprint density at radius 3 is 2.83 bits per heavy atom. The van der Waals surface area contributed by atoms with Crippen LogP contribution in [-0.4, -0.2) is 24.2 Å². The lowest BCUT2D eigenvalue weighted by Crippen LogP contribution is -2.18. The lowest BCUT2D eigenvalue weighted by atomic mass is 10.1. The molecule has 1 unspecified atom stereocenters. The van der Waals surface area contributed by atoms with Crippen LogP contribution in [-0.2, 0) is 0 Å². The maximum atomic E-state index is 11.1. The highest BCUT2D eigenvalue weighted by Crippen LogP contribution is 2.23. The molecule has 0 bridgehead atoms. The van der Waals surface area contributed by atoms with E-state index in [1.54, 1.807) is 12.1 Å². The van der Waals surface area contributed by atoms with Gasteiger partial charge in [-0.05, 0) is 18.6 Å². The number of terminal acetylenes is 1. The number of nitrogens with one attached hydrogen (secondary N) is 1. The lowest BCUT2D eigenvalue weighted by Gasteiger charge is -2.16. The molecular weight excluding hydrogens is 230 g/mol. The molecule has 0 spiro atoms. The quantitative estimate of drug-likeness (QED) is 0.759. The van der Waals surface area contributed by atoms with Gasteiger partial charge in [0.25, 0.3) is 0 Å². The minimum Gasteiger partial charge on any atom is -0.497 e. The Kier molecular flexibility index (Phi) is 5.06. The molecule has 0 saturated heterocycles. The van der Waals surface area contributed by atoms with Crippen molar-refractivity contribution in [2.45, 2.75) is 25.8 Å². The summed E-state index contributed by atoms with van der Waals surface area (Å²) in [7, 11) is 1.53. The minimum absolute atomic E-state index is 0.180. The van der Waals surface area contributed by atoms with Crippen molar-refractivity contribution in [1.29, 1.82) is 0 Å². The fourth-order valence-corrected chi connectivity index (χ4v) is 1.63. The molecule has 1 atom stereocenters. The summed E-state index contributed by atoms with van der Waals surface area (Å²) in [5, 5.41) is 12.2. The first-order valence-electron chi connectivity index (χ1n) is 5.76. The SMILES string of the molecule is C#CC(CCC)Nc1cc(OC)ccc1C(=O)O. The number of hydrogen-bond donors (Lipinski definition) is 2. The molecule has 0 aliphatic rings. The normalized spacial score (nSPS) is 11.4. The number of methoxy groups -OCH3 is 1. The van der Waals surface area contributed by atoms with E-state index in [1.165, 1.54) is 13.2 Å².